The lowest BCUT2D eigenvalue weighted by Crippen LogP contribution is -2.14. The number of hydrogen-bond acceptors (Lipinski definition) is 2. The molecule has 3 rings (SSSR count). The molecule has 0 fully saturated rings. The van der Waals surface area contributed by atoms with E-state index in [0.717, 1.165) is 14.7 Å². The molecular formula is C14H8Cl2INO2. The van der Waals surface area contributed by atoms with Gasteiger partial charge in [-0.1, -0.05) is 29.3 Å². The Morgan fingerprint density at radius 2 is 1.90 bits per heavy atom. The first-order valence-corrected chi connectivity index (χ1v) is 7.61. The molecule has 0 aliphatic carbocycles. The molecule has 0 aliphatic heterocycles. The summed E-state index contributed by atoms with van der Waals surface area (Å²) in [6, 6.07) is 11.0. The molecule has 0 spiro atoms. The van der Waals surface area contributed by atoms with Crippen molar-refractivity contribution >= 4 is 56.9 Å². The van der Waals surface area contributed by atoms with Crippen LogP contribution in [0.15, 0.2) is 45.6 Å². The molecule has 0 bridgehead atoms. The number of nitrogens with zero attached hydrogens (tertiary/aromatic N) is 1. The molecule has 3 nitrogen and oxygen atoms in total. The van der Waals surface area contributed by atoms with Gasteiger partial charge in [0.15, 0.2) is 5.58 Å². The van der Waals surface area contributed by atoms with Gasteiger partial charge in [0.25, 0.3) is 0 Å². The fourth-order valence-corrected chi connectivity index (χ4v) is 2.79. The van der Waals surface area contributed by atoms with Gasteiger partial charge in [-0.05, 0) is 58.5 Å². The highest BCUT2D eigenvalue weighted by atomic mass is 127. The summed E-state index contributed by atoms with van der Waals surface area (Å²) >= 11 is 14.1. The van der Waals surface area contributed by atoms with E-state index in [1.165, 1.54) is 0 Å². The molecule has 6 heteroatoms. The first kappa shape index (κ1) is 14.0. The van der Waals surface area contributed by atoms with Gasteiger partial charge in [0, 0.05) is 3.57 Å². The highest BCUT2D eigenvalue weighted by molar-refractivity contribution is 14.1. The lowest BCUT2D eigenvalue weighted by molar-refractivity contribution is 0.517. The van der Waals surface area contributed by atoms with Crippen molar-refractivity contribution in [2.75, 3.05) is 0 Å². The molecule has 2 aromatic carbocycles. The van der Waals surface area contributed by atoms with Crippen LogP contribution in [0.25, 0.3) is 11.1 Å². The largest absolute Gasteiger partial charge is 0.420 e. The van der Waals surface area contributed by atoms with Crippen LogP contribution in [-0.4, -0.2) is 4.57 Å². The lowest BCUT2D eigenvalue weighted by Gasteiger charge is -2.04. The minimum absolute atomic E-state index is 0.381. The molecule has 102 valence electrons. The van der Waals surface area contributed by atoms with Crippen molar-refractivity contribution in [1.82, 2.24) is 4.57 Å². The number of rotatable bonds is 2. The summed E-state index contributed by atoms with van der Waals surface area (Å²) in [5.74, 6) is -0.381. The van der Waals surface area contributed by atoms with Crippen LogP contribution in [0.3, 0.4) is 0 Å². The Labute approximate surface area is 138 Å². The minimum Gasteiger partial charge on any atom is -0.408 e. The third kappa shape index (κ3) is 2.60. The van der Waals surface area contributed by atoms with Crippen LogP contribution in [0.4, 0.5) is 0 Å². The van der Waals surface area contributed by atoms with Gasteiger partial charge in [0.1, 0.15) is 0 Å². The zero-order valence-corrected chi connectivity index (χ0v) is 13.7. The summed E-state index contributed by atoms with van der Waals surface area (Å²) in [6.07, 6.45) is 0. The maximum Gasteiger partial charge on any atom is 0.420 e. The van der Waals surface area contributed by atoms with Crippen LogP contribution in [0.1, 0.15) is 5.56 Å². The molecule has 0 N–H and O–H groups in total. The van der Waals surface area contributed by atoms with E-state index in [-0.39, 0.29) is 5.76 Å². The van der Waals surface area contributed by atoms with Gasteiger partial charge >= 0.3 is 5.76 Å². The van der Waals surface area contributed by atoms with Crippen molar-refractivity contribution in [2.24, 2.45) is 0 Å². The lowest BCUT2D eigenvalue weighted by atomic mass is 10.2. The summed E-state index contributed by atoms with van der Waals surface area (Å²) in [4.78, 5) is 11.9. The SMILES string of the molecule is O=c1oc2cc(I)ccc2n1Cc1ccc(Cl)c(Cl)c1. The third-order valence-corrected chi connectivity index (χ3v) is 4.37. The normalized spacial score (nSPS) is 11.2. The van der Waals surface area contributed by atoms with Crippen molar-refractivity contribution in [1.29, 1.82) is 0 Å². The summed E-state index contributed by atoms with van der Waals surface area (Å²) in [6.45, 7) is 0.392. The Balaban J connectivity index is 2.08. The Kier molecular flexibility index (Phi) is 3.79. The van der Waals surface area contributed by atoms with E-state index >= 15 is 0 Å². The molecule has 0 saturated carbocycles. The molecule has 1 heterocycles. The second-order valence-corrected chi connectivity index (χ2v) is 6.37. The topological polar surface area (TPSA) is 35.1 Å². The molecule has 1 aromatic heterocycles. The second-order valence-electron chi connectivity index (χ2n) is 4.31. The Bertz CT molecular complexity index is 854. The van der Waals surface area contributed by atoms with Crippen molar-refractivity contribution in [2.45, 2.75) is 6.54 Å². The highest BCUT2D eigenvalue weighted by Gasteiger charge is 2.10. The van der Waals surface area contributed by atoms with Gasteiger partial charge < -0.3 is 4.42 Å². The van der Waals surface area contributed by atoms with E-state index in [9.17, 15) is 4.79 Å². The molecule has 0 aliphatic rings. The Hall–Kier alpha value is -0.980. The quantitative estimate of drug-likeness (QED) is 0.571. The number of fused-ring (bicyclic) bond motifs is 1. The number of halogens is 3. The Morgan fingerprint density at radius 3 is 2.65 bits per heavy atom. The molecule has 3 aromatic rings. The maximum absolute atomic E-state index is 11.9. The van der Waals surface area contributed by atoms with Crippen LogP contribution < -0.4 is 5.76 Å². The molecular weight excluding hydrogens is 412 g/mol. The smallest absolute Gasteiger partial charge is 0.408 e. The average Bonchev–Trinajstić information content (AvgIpc) is 2.69. The van der Waals surface area contributed by atoms with Gasteiger partial charge in [-0.2, -0.15) is 0 Å². The standard InChI is InChI=1S/C14H8Cl2INO2/c15-10-3-1-8(5-11(10)16)7-18-12-4-2-9(17)6-13(12)20-14(18)19/h1-6H,7H2. The van der Waals surface area contributed by atoms with E-state index in [0.29, 0.717) is 22.2 Å². The summed E-state index contributed by atoms with van der Waals surface area (Å²) in [5.41, 5.74) is 2.24. The van der Waals surface area contributed by atoms with Crippen molar-refractivity contribution in [3.8, 4) is 0 Å². The van der Waals surface area contributed by atoms with E-state index in [1.807, 2.05) is 24.3 Å². The second kappa shape index (κ2) is 5.42. The average molecular weight is 420 g/mol. The van der Waals surface area contributed by atoms with Gasteiger partial charge in [0.2, 0.25) is 0 Å². The zero-order valence-electron chi connectivity index (χ0n) is 10.1. The van der Waals surface area contributed by atoms with Crippen molar-refractivity contribution in [3.63, 3.8) is 0 Å². The van der Waals surface area contributed by atoms with E-state index < -0.39 is 0 Å². The predicted molar refractivity (Wildman–Crippen MR) is 88.8 cm³/mol. The molecule has 0 atom stereocenters. The van der Waals surface area contributed by atoms with Crippen molar-refractivity contribution < 1.29 is 4.42 Å². The van der Waals surface area contributed by atoms with Gasteiger partial charge in [0.05, 0.1) is 22.1 Å². The van der Waals surface area contributed by atoms with E-state index in [1.54, 1.807) is 16.7 Å². The number of aromatic nitrogens is 1. The molecule has 0 radical (unpaired) electrons. The molecule has 0 amide bonds. The summed E-state index contributed by atoms with van der Waals surface area (Å²) < 4.78 is 7.84. The Morgan fingerprint density at radius 1 is 1.10 bits per heavy atom. The van der Waals surface area contributed by atoms with Crippen LogP contribution in [0.5, 0.6) is 0 Å². The maximum atomic E-state index is 11.9. The monoisotopic (exact) mass is 419 g/mol. The number of oxazole rings is 1. The molecule has 20 heavy (non-hydrogen) atoms. The van der Waals surface area contributed by atoms with Crippen LogP contribution in [0, 0.1) is 3.57 Å². The van der Waals surface area contributed by atoms with Gasteiger partial charge in [-0.15, -0.1) is 0 Å². The first-order valence-electron chi connectivity index (χ1n) is 5.77. The minimum atomic E-state index is -0.381. The van der Waals surface area contributed by atoms with Crippen LogP contribution >= 0.6 is 45.8 Å². The van der Waals surface area contributed by atoms with Crippen LogP contribution in [-0.2, 0) is 6.54 Å². The zero-order chi connectivity index (χ0) is 14.3. The first-order chi connectivity index (χ1) is 9.54. The van der Waals surface area contributed by atoms with Crippen molar-refractivity contribution in [3.05, 3.63) is 66.1 Å². The fraction of sp³-hybridized carbons (Fsp3) is 0.0714. The number of benzene rings is 2. The molecule has 0 unspecified atom stereocenters. The highest BCUT2D eigenvalue weighted by Crippen LogP contribution is 2.24. The third-order valence-electron chi connectivity index (χ3n) is 2.96. The van der Waals surface area contributed by atoms with Gasteiger partial charge in [-0.3, -0.25) is 4.57 Å². The van der Waals surface area contributed by atoms with E-state index in [4.69, 9.17) is 27.6 Å². The van der Waals surface area contributed by atoms with Crippen LogP contribution in [0.2, 0.25) is 10.0 Å². The molecule has 0 saturated heterocycles. The summed E-state index contributed by atoms with van der Waals surface area (Å²) in [7, 11) is 0. The fourth-order valence-electron chi connectivity index (χ4n) is 2.01. The van der Waals surface area contributed by atoms with Gasteiger partial charge in [-0.25, -0.2) is 4.79 Å². The number of hydrogen-bond donors (Lipinski definition) is 0. The predicted octanol–water partition coefficient (Wildman–Crippen LogP) is 4.55. The van der Waals surface area contributed by atoms with E-state index in [2.05, 4.69) is 22.6 Å². The summed E-state index contributed by atoms with van der Waals surface area (Å²) in [5, 5.41) is 0.967.